The average molecular weight is 350 g/mol. The van der Waals surface area contributed by atoms with Crippen molar-refractivity contribution in [2.75, 3.05) is 0 Å². The summed E-state index contributed by atoms with van der Waals surface area (Å²) in [5, 5.41) is 21.9. The van der Waals surface area contributed by atoms with E-state index in [1.807, 2.05) is 0 Å². The Hall–Kier alpha value is -2.02. The number of rotatable bonds is 2. The van der Waals surface area contributed by atoms with E-state index in [0.717, 1.165) is 18.2 Å². The van der Waals surface area contributed by atoms with E-state index in [9.17, 15) is 21.4 Å². The fraction of sp³-hybridized carbons (Fsp3) is 0.200. The summed E-state index contributed by atoms with van der Waals surface area (Å²) in [6.45, 7) is 0. The highest BCUT2D eigenvalue weighted by Gasteiger charge is 2.38. The van der Waals surface area contributed by atoms with E-state index < -0.39 is 36.8 Å². The molecule has 4 N–H and O–H groups in total. The van der Waals surface area contributed by atoms with Gasteiger partial charge >= 0.3 is 0 Å². The van der Waals surface area contributed by atoms with Crippen LogP contribution in [-0.4, -0.2) is 47.8 Å². The number of oxime groups is 2. The zero-order valence-electron chi connectivity index (χ0n) is 10.6. The van der Waals surface area contributed by atoms with Crippen molar-refractivity contribution in [1.29, 1.82) is 0 Å². The van der Waals surface area contributed by atoms with Gasteiger partial charge < -0.3 is 10.4 Å². The topological polar surface area (TPSA) is 174 Å². The standard InChI is InChI=1S/C10H10N2O8S2/c13-11-8-4-9(22(18,19)20)7-3-5(21(15,16)17)1-2-6(7)10(8)12-14/h1-3,9,13-14H,4H2,(H,15,16,17)(H,18,19,20). The van der Waals surface area contributed by atoms with Crippen molar-refractivity contribution in [3.63, 3.8) is 0 Å². The molecular weight excluding hydrogens is 340 g/mol. The zero-order chi connectivity index (χ0) is 16.7. The number of fused-ring (bicyclic) bond motifs is 1. The SMILES string of the molecule is O=S(=O)(O)c1ccc2c(c1)C(S(=O)(=O)O)CC(=NO)C2=NO. The maximum atomic E-state index is 11.5. The number of hydrogen-bond donors (Lipinski definition) is 4. The van der Waals surface area contributed by atoms with Gasteiger partial charge in [0, 0.05) is 12.0 Å². The van der Waals surface area contributed by atoms with Gasteiger partial charge in [0.25, 0.3) is 20.2 Å². The molecule has 1 aliphatic carbocycles. The monoisotopic (exact) mass is 350 g/mol. The normalized spacial score (nSPS) is 22.7. The molecule has 22 heavy (non-hydrogen) atoms. The van der Waals surface area contributed by atoms with Crippen LogP contribution in [0.2, 0.25) is 0 Å². The summed E-state index contributed by atoms with van der Waals surface area (Å²) in [5.41, 5.74) is -0.856. The van der Waals surface area contributed by atoms with Crippen LogP contribution >= 0.6 is 0 Å². The Morgan fingerprint density at radius 2 is 1.68 bits per heavy atom. The molecule has 1 aromatic carbocycles. The van der Waals surface area contributed by atoms with Crippen LogP contribution in [0.15, 0.2) is 33.4 Å². The van der Waals surface area contributed by atoms with Crippen LogP contribution in [0.3, 0.4) is 0 Å². The highest BCUT2D eigenvalue weighted by molar-refractivity contribution is 7.86. The van der Waals surface area contributed by atoms with E-state index in [1.54, 1.807) is 0 Å². The predicted molar refractivity (Wildman–Crippen MR) is 72.7 cm³/mol. The summed E-state index contributed by atoms with van der Waals surface area (Å²) in [4.78, 5) is -0.596. The summed E-state index contributed by atoms with van der Waals surface area (Å²) < 4.78 is 63.5. The second-order valence-corrected chi connectivity index (χ2v) is 7.45. The van der Waals surface area contributed by atoms with Gasteiger partial charge in [-0.05, 0) is 17.7 Å². The van der Waals surface area contributed by atoms with Crippen molar-refractivity contribution >= 4 is 31.7 Å². The maximum Gasteiger partial charge on any atom is 0.294 e. The third kappa shape index (κ3) is 2.81. The van der Waals surface area contributed by atoms with Gasteiger partial charge in [0.2, 0.25) is 0 Å². The third-order valence-corrected chi connectivity index (χ3v) is 5.14. The highest BCUT2D eigenvalue weighted by Crippen LogP contribution is 2.35. The molecule has 0 bridgehead atoms. The molecule has 0 fully saturated rings. The van der Waals surface area contributed by atoms with Crippen LogP contribution in [0, 0.1) is 0 Å². The lowest BCUT2D eigenvalue weighted by Gasteiger charge is -2.24. The van der Waals surface area contributed by atoms with Gasteiger partial charge in [-0.2, -0.15) is 16.8 Å². The highest BCUT2D eigenvalue weighted by atomic mass is 32.2. The molecule has 1 aromatic rings. The van der Waals surface area contributed by atoms with Crippen molar-refractivity contribution in [3.8, 4) is 0 Å². The van der Waals surface area contributed by atoms with Crippen LogP contribution in [0.5, 0.6) is 0 Å². The molecule has 2 rings (SSSR count). The smallest absolute Gasteiger partial charge is 0.294 e. The molecule has 1 atom stereocenters. The Morgan fingerprint density at radius 1 is 1.05 bits per heavy atom. The quantitative estimate of drug-likeness (QED) is 0.334. The van der Waals surface area contributed by atoms with Gasteiger partial charge in [0.15, 0.2) is 0 Å². The third-order valence-electron chi connectivity index (χ3n) is 3.16. The maximum absolute atomic E-state index is 11.5. The summed E-state index contributed by atoms with van der Waals surface area (Å²) in [6, 6.07) is 2.85. The van der Waals surface area contributed by atoms with Crippen LogP contribution < -0.4 is 0 Å². The fourth-order valence-electron chi connectivity index (χ4n) is 2.19. The molecule has 0 aromatic heterocycles. The van der Waals surface area contributed by atoms with Crippen molar-refractivity contribution in [3.05, 3.63) is 29.3 Å². The molecular formula is C10H10N2O8S2. The van der Waals surface area contributed by atoms with Gasteiger partial charge in [-0.1, -0.05) is 16.4 Å². The van der Waals surface area contributed by atoms with E-state index in [1.165, 1.54) is 0 Å². The Morgan fingerprint density at radius 3 is 2.14 bits per heavy atom. The minimum absolute atomic E-state index is 0.0587. The van der Waals surface area contributed by atoms with Gasteiger partial charge in [0.05, 0.1) is 4.90 Å². The van der Waals surface area contributed by atoms with E-state index in [-0.39, 0.29) is 22.6 Å². The predicted octanol–water partition coefficient (Wildman–Crippen LogP) is 0.274. The van der Waals surface area contributed by atoms with Crippen molar-refractivity contribution in [2.45, 2.75) is 16.6 Å². The van der Waals surface area contributed by atoms with Crippen LogP contribution in [0.4, 0.5) is 0 Å². The molecule has 0 spiro atoms. The lowest BCUT2D eigenvalue weighted by molar-refractivity contribution is 0.312. The van der Waals surface area contributed by atoms with Gasteiger partial charge in [-0.15, -0.1) is 0 Å². The largest absolute Gasteiger partial charge is 0.411 e. The first-order chi connectivity index (χ1) is 10.1. The second kappa shape index (κ2) is 5.31. The van der Waals surface area contributed by atoms with E-state index in [4.69, 9.17) is 15.0 Å². The van der Waals surface area contributed by atoms with Crippen LogP contribution in [-0.2, 0) is 20.2 Å². The van der Waals surface area contributed by atoms with E-state index in [0.29, 0.717) is 0 Å². The molecule has 1 aliphatic rings. The van der Waals surface area contributed by atoms with Crippen molar-refractivity contribution < 1.29 is 36.4 Å². The van der Waals surface area contributed by atoms with Gasteiger partial charge in [-0.3, -0.25) is 9.11 Å². The molecule has 0 aliphatic heterocycles. The molecule has 0 amide bonds. The fourth-order valence-corrected chi connectivity index (χ4v) is 3.59. The minimum atomic E-state index is -4.68. The zero-order valence-corrected chi connectivity index (χ0v) is 12.3. The second-order valence-electron chi connectivity index (χ2n) is 4.43. The summed E-state index contributed by atoms with van der Waals surface area (Å²) >= 11 is 0. The Bertz CT molecular complexity index is 886. The average Bonchev–Trinajstić information content (AvgIpc) is 2.42. The lowest BCUT2D eigenvalue weighted by Crippen LogP contribution is -2.30. The van der Waals surface area contributed by atoms with Crippen LogP contribution in [0.1, 0.15) is 22.8 Å². The van der Waals surface area contributed by atoms with Crippen LogP contribution in [0.25, 0.3) is 0 Å². The molecule has 1 unspecified atom stereocenters. The summed E-state index contributed by atoms with van der Waals surface area (Å²) in [5.74, 6) is 0. The van der Waals surface area contributed by atoms with E-state index in [2.05, 4.69) is 10.3 Å². The van der Waals surface area contributed by atoms with E-state index >= 15 is 0 Å². The molecule has 10 nitrogen and oxygen atoms in total. The number of hydrogen-bond acceptors (Lipinski definition) is 8. The summed E-state index contributed by atoms with van der Waals surface area (Å²) in [7, 11) is -9.29. The number of benzene rings is 1. The molecule has 120 valence electrons. The minimum Gasteiger partial charge on any atom is -0.411 e. The first-order valence-electron chi connectivity index (χ1n) is 5.61. The van der Waals surface area contributed by atoms with Crippen molar-refractivity contribution in [2.24, 2.45) is 10.3 Å². The lowest BCUT2D eigenvalue weighted by atomic mass is 9.88. The summed E-state index contributed by atoms with van der Waals surface area (Å²) in [6.07, 6.45) is -0.545. The van der Waals surface area contributed by atoms with Gasteiger partial charge in [0.1, 0.15) is 16.7 Å². The molecule has 0 heterocycles. The Balaban J connectivity index is 2.82. The Kier molecular flexibility index (Phi) is 3.95. The van der Waals surface area contributed by atoms with Crippen molar-refractivity contribution in [1.82, 2.24) is 0 Å². The number of nitrogens with zero attached hydrogens (tertiary/aromatic N) is 2. The van der Waals surface area contributed by atoms with Gasteiger partial charge in [-0.25, -0.2) is 0 Å². The molecule has 0 saturated carbocycles. The molecule has 12 heteroatoms. The first kappa shape index (κ1) is 16.4. The Labute approximate surface area is 124 Å². The molecule has 0 saturated heterocycles. The first-order valence-corrected chi connectivity index (χ1v) is 8.55. The molecule has 0 radical (unpaired) electrons.